The lowest BCUT2D eigenvalue weighted by Gasteiger charge is -2.34. The van der Waals surface area contributed by atoms with Gasteiger partial charge in [0, 0.05) is 18.5 Å². The number of amides is 1. The van der Waals surface area contributed by atoms with Gasteiger partial charge in [-0.25, -0.2) is 4.79 Å². The van der Waals surface area contributed by atoms with Crippen molar-refractivity contribution >= 4 is 17.7 Å². The molecule has 1 atom stereocenters. The minimum absolute atomic E-state index is 0.106. The molecule has 1 saturated heterocycles. The molecule has 1 fully saturated rings. The summed E-state index contributed by atoms with van der Waals surface area (Å²) in [6, 6.07) is 12.9. The molecule has 0 aliphatic carbocycles. The molecule has 0 radical (unpaired) electrons. The SMILES string of the molecule is COc1ccc(-c2nc(COc3ccc(CC4CN(C(=O)OC(C)(C)C)CCO4)cc3Cl)no2)cc1. The smallest absolute Gasteiger partial charge is 0.410 e. The summed E-state index contributed by atoms with van der Waals surface area (Å²) < 4.78 is 27.7. The molecule has 1 aliphatic rings. The van der Waals surface area contributed by atoms with Crippen LogP contribution in [0, 0.1) is 0 Å². The van der Waals surface area contributed by atoms with Gasteiger partial charge in [0.05, 0.1) is 31.4 Å². The van der Waals surface area contributed by atoms with Crippen molar-refractivity contribution in [2.24, 2.45) is 0 Å². The van der Waals surface area contributed by atoms with Crippen molar-refractivity contribution in [2.45, 2.75) is 45.5 Å². The minimum atomic E-state index is -0.535. The zero-order valence-electron chi connectivity index (χ0n) is 20.8. The fraction of sp³-hybridized carbons (Fsp3) is 0.423. The lowest BCUT2D eigenvalue weighted by Crippen LogP contribution is -2.48. The summed E-state index contributed by atoms with van der Waals surface area (Å²) >= 11 is 6.47. The highest BCUT2D eigenvalue weighted by atomic mass is 35.5. The number of hydrogen-bond acceptors (Lipinski definition) is 8. The molecule has 0 bridgehead atoms. The summed E-state index contributed by atoms with van der Waals surface area (Å²) in [5.74, 6) is 2.05. The third-order valence-corrected chi connectivity index (χ3v) is 5.71. The van der Waals surface area contributed by atoms with Gasteiger partial charge in [0.1, 0.15) is 17.1 Å². The van der Waals surface area contributed by atoms with Crippen molar-refractivity contribution in [1.82, 2.24) is 15.0 Å². The van der Waals surface area contributed by atoms with Crippen LogP contribution >= 0.6 is 11.6 Å². The van der Waals surface area contributed by atoms with Crippen LogP contribution in [0.5, 0.6) is 11.5 Å². The average molecular weight is 516 g/mol. The van der Waals surface area contributed by atoms with Gasteiger partial charge in [0.2, 0.25) is 5.82 Å². The summed E-state index contributed by atoms with van der Waals surface area (Å²) in [6.07, 6.45) is 0.133. The molecule has 1 amide bonds. The monoisotopic (exact) mass is 515 g/mol. The maximum Gasteiger partial charge on any atom is 0.410 e. The molecule has 3 aromatic rings. The van der Waals surface area contributed by atoms with Gasteiger partial charge in [-0.05, 0) is 62.7 Å². The number of morpholine rings is 1. The molecule has 2 aromatic carbocycles. The van der Waals surface area contributed by atoms with Crippen LogP contribution in [0.3, 0.4) is 0 Å². The molecule has 1 unspecified atom stereocenters. The molecular formula is C26H30ClN3O6. The number of methoxy groups -OCH3 is 1. The van der Waals surface area contributed by atoms with Gasteiger partial charge >= 0.3 is 6.09 Å². The maximum absolute atomic E-state index is 12.4. The number of hydrogen-bond donors (Lipinski definition) is 0. The highest BCUT2D eigenvalue weighted by Crippen LogP contribution is 2.28. The molecule has 9 nitrogen and oxygen atoms in total. The van der Waals surface area contributed by atoms with Crippen molar-refractivity contribution in [3.63, 3.8) is 0 Å². The predicted molar refractivity (Wildman–Crippen MR) is 133 cm³/mol. The zero-order valence-corrected chi connectivity index (χ0v) is 21.6. The quantitative estimate of drug-likeness (QED) is 0.426. The van der Waals surface area contributed by atoms with Crippen LogP contribution in [0.15, 0.2) is 47.0 Å². The van der Waals surface area contributed by atoms with E-state index >= 15 is 0 Å². The van der Waals surface area contributed by atoms with Crippen LogP contribution in [0.1, 0.15) is 32.2 Å². The van der Waals surface area contributed by atoms with E-state index in [0.29, 0.717) is 48.6 Å². The molecule has 4 rings (SSSR count). The van der Waals surface area contributed by atoms with Crippen molar-refractivity contribution in [3.05, 3.63) is 58.9 Å². The highest BCUT2D eigenvalue weighted by molar-refractivity contribution is 6.32. The van der Waals surface area contributed by atoms with E-state index in [1.54, 1.807) is 18.1 Å². The van der Waals surface area contributed by atoms with Crippen molar-refractivity contribution in [3.8, 4) is 23.0 Å². The van der Waals surface area contributed by atoms with E-state index < -0.39 is 5.60 Å². The normalized spacial score (nSPS) is 16.0. The van der Waals surface area contributed by atoms with E-state index in [-0.39, 0.29) is 18.8 Å². The van der Waals surface area contributed by atoms with E-state index in [4.69, 9.17) is 35.1 Å². The van der Waals surface area contributed by atoms with Crippen molar-refractivity contribution < 1.29 is 28.3 Å². The van der Waals surface area contributed by atoms with E-state index in [1.807, 2.05) is 57.2 Å². The Kier molecular flexibility index (Phi) is 8.01. The molecule has 0 N–H and O–H groups in total. The van der Waals surface area contributed by atoms with E-state index in [1.165, 1.54) is 0 Å². The Balaban J connectivity index is 1.31. The largest absolute Gasteiger partial charge is 0.497 e. The summed E-state index contributed by atoms with van der Waals surface area (Å²) in [7, 11) is 1.61. The summed E-state index contributed by atoms with van der Waals surface area (Å²) in [6.45, 7) is 7.10. The molecule has 1 aliphatic heterocycles. The molecule has 10 heteroatoms. The number of carbonyl (C=O) groups excluding carboxylic acids is 1. The second-order valence-electron chi connectivity index (χ2n) is 9.42. The Labute approximate surface area is 215 Å². The summed E-state index contributed by atoms with van der Waals surface area (Å²) in [5, 5.41) is 4.44. The Morgan fingerprint density at radius 1 is 1.19 bits per heavy atom. The van der Waals surface area contributed by atoms with Crippen LogP contribution in [-0.4, -0.2) is 59.6 Å². The number of ether oxygens (including phenoxy) is 4. The first kappa shape index (κ1) is 25.8. The van der Waals surface area contributed by atoms with Crippen LogP contribution in [0.2, 0.25) is 5.02 Å². The van der Waals surface area contributed by atoms with E-state index in [9.17, 15) is 4.79 Å². The molecule has 0 saturated carbocycles. The molecule has 1 aromatic heterocycles. The van der Waals surface area contributed by atoms with Gasteiger partial charge < -0.3 is 28.4 Å². The molecule has 36 heavy (non-hydrogen) atoms. The minimum Gasteiger partial charge on any atom is -0.497 e. The molecular weight excluding hydrogens is 486 g/mol. The van der Waals surface area contributed by atoms with E-state index in [0.717, 1.165) is 16.9 Å². The first-order valence-corrected chi connectivity index (χ1v) is 12.1. The summed E-state index contributed by atoms with van der Waals surface area (Å²) in [5.41, 5.74) is 1.23. The van der Waals surface area contributed by atoms with Gasteiger partial charge in [-0.15, -0.1) is 0 Å². The second kappa shape index (κ2) is 11.2. The number of aromatic nitrogens is 2. The third-order valence-electron chi connectivity index (χ3n) is 5.41. The third kappa shape index (κ3) is 6.89. The lowest BCUT2D eigenvalue weighted by molar-refractivity contribution is -0.0415. The first-order chi connectivity index (χ1) is 17.2. The summed E-state index contributed by atoms with van der Waals surface area (Å²) in [4.78, 5) is 18.5. The maximum atomic E-state index is 12.4. The van der Waals surface area contributed by atoms with Crippen LogP contribution < -0.4 is 9.47 Å². The van der Waals surface area contributed by atoms with Gasteiger partial charge in [-0.1, -0.05) is 22.8 Å². The van der Waals surface area contributed by atoms with Gasteiger partial charge in [0.25, 0.3) is 5.89 Å². The Bertz CT molecular complexity index is 1180. The van der Waals surface area contributed by atoms with E-state index in [2.05, 4.69) is 10.1 Å². The van der Waals surface area contributed by atoms with Gasteiger partial charge in [-0.2, -0.15) is 4.98 Å². The Hall–Kier alpha value is -3.30. The topological polar surface area (TPSA) is 96.2 Å². The zero-order chi connectivity index (χ0) is 25.7. The van der Waals surface area contributed by atoms with Crippen LogP contribution in [0.25, 0.3) is 11.5 Å². The number of nitrogens with zero attached hydrogens (tertiary/aromatic N) is 3. The van der Waals surface area contributed by atoms with Crippen molar-refractivity contribution in [1.29, 1.82) is 0 Å². The van der Waals surface area contributed by atoms with Crippen molar-refractivity contribution in [2.75, 3.05) is 26.8 Å². The molecule has 2 heterocycles. The van der Waals surface area contributed by atoms with Gasteiger partial charge in [0.15, 0.2) is 6.61 Å². The average Bonchev–Trinajstić information content (AvgIpc) is 3.32. The lowest BCUT2D eigenvalue weighted by atomic mass is 10.1. The number of halogens is 1. The highest BCUT2D eigenvalue weighted by Gasteiger charge is 2.28. The number of rotatable bonds is 7. The standard InChI is InChI=1S/C26H30ClN3O6/c1-26(2,3)35-25(31)30-11-12-33-20(15-30)13-17-5-10-22(21(27)14-17)34-16-23-28-24(36-29-23)18-6-8-19(32-4)9-7-18/h5-10,14,20H,11-13,15-16H2,1-4H3. The van der Waals surface area contributed by atoms with Crippen LogP contribution in [-0.2, 0) is 22.5 Å². The second-order valence-corrected chi connectivity index (χ2v) is 9.83. The Morgan fingerprint density at radius 2 is 1.97 bits per heavy atom. The predicted octanol–water partition coefficient (Wildman–Crippen LogP) is 5.16. The van der Waals surface area contributed by atoms with Gasteiger partial charge in [-0.3, -0.25) is 0 Å². The fourth-order valence-electron chi connectivity index (χ4n) is 3.69. The Morgan fingerprint density at radius 3 is 2.67 bits per heavy atom. The van der Waals surface area contributed by atoms with Crippen LogP contribution in [0.4, 0.5) is 4.79 Å². The first-order valence-electron chi connectivity index (χ1n) is 11.7. The molecule has 192 valence electrons. The fourth-order valence-corrected chi connectivity index (χ4v) is 3.95. The number of benzene rings is 2. The number of carbonyl (C=O) groups is 1. The molecule has 0 spiro atoms.